The maximum atomic E-state index is 10.3. The Balaban J connectivity index is 0.000000241. The number of amides is 3. The van der Waals surface area contributed by atoms with Gasteiger partial charge < -0.3 is 4.90 Å². The average molecular weight is 196 g/mol. The first-order chi connectivity index (χ1) is 6.47. The third-order valence-electron chi connectivity index (χ3n) is 1.25. The fourth-order valence-corrected chi connectivity index (χ4v) is 0.539. The van der Waals surface area contributed by atoms with Crippen LogP contribution in [0.2, 0.25) is 0 Å². The molecule has 1 aliphatic rings. The van der Waals surface area contributed by atoms with Gasteiger partial charge >= 0.3 is 0 Å². The molecule has 0 saturated heterocycles. The van der Waals surface area contributed by atoms with E-state index >= 15 is 0 Å². The maximum Gasteiger partial charge on any atom is 0.250 e. The van der Waals surface area contributed by atoms with Gasteiger partial charge in [0.05, 0.1) is 0 Å². The third kappa shape index (κ3) is 4.87. The van der Waals surface area contributed by atoms with Crippen molar-refractivity contribution in [3.05, 3.63) is 24.8 Å². The average Bonchev–Trinajstić information content (AvgIpc) is 2.49. The Kier molecular flexibility index (Phi) is 4.91. The van der Waals surface area contributed by atoms with E-state index in [1.165, 1.54) is 23.1 Å². The van der Waals surface area contributed by atoms with Crippen molar-refractivity contribution < 1.29 is 14.4 Å². The van der Waals surface area contributed by atoms with Crippen LogP contribution in [0.4, 0.5) is 0 Å². The molecular formula is C9H12N2O3. The van der Waals surface area contributed by atoms with Crippen molar-refractivity contribution >= 4 is 17.7 Å². The minimum Gasteiger partial charge on any atom is -0.345 e. The topological polar surface area (TPSA) is 66.5 Å². The zero-order chi connectivity index (χ0) is 11.1. The first-order valence-electron chi connectivity index (χ1n) is 3.84. The second-order valence-corrected chi connectivity index (χ2v) is 2.62. The summed E-state index contributed by atoms with van der Waals surface area (Å²) < 4.78 is 0. The fraction of sp³-hybridized carbons (Fsp3) is 0.222. The molecule has 0 aliphatic carbocycles. The first-order valence-corrected chi connectivity index (χ1v) is 3.84. The summed E-state index contributed by atoms with van der Waals surface area (Å²) in [6.07, 6.45) is 3.67. The van der Waals surface area contributed by atoms with Crippen LogP contribution in [-0.4, -0.2) is 36.7 Å². The van der Waals surface area contributed by atoms with Crippen molar-refractivity contribution in [2.75, 3.05) is 14.1 Å². The van der Waals surface area contributed by atoms with E-state index in [0.717, 1.165) is 0 Å². The summed E-state index contributed by atoms with van der Waals surface area (Å²) in [6.45, 7) is 3.29. The number of hydrogen-bond donors (Lipinski definition) is 1. The lowest BCUT2D eigenvalue weighted by atomic mass is 10.5. The second-order valence-electron chi connectivity index (χ2n) is 2.62. The van der Waals surface area contributed by atoms with E-state index < -0.39 is 0 Å². The van der Waals surface area contributed by atoms with Crippen LogP contribution in [-0.2, 0) is 14.4 Å². The number of rotatable bonds is 1. The molecule has 0 spiro atoms. The normalized spacial score (nSPS) is 12.7. The lowest BCUT2D eigenvalue weighted by Gasteiger charge is -2.03. The summed E-state index contributed by atoms with van der Waals surface area (Å²) in [5.74, 6) is -0.713. The standard InChI is InChI=1S/C5H9NO.C4H3NO2/c1-4-5(7)6(2)3;6-3-1-2-4(7)5-3/h4H,1H2,2-3H3;1-2H,(H,5,6,7). The third-order valence-corrected chi connectivity index (χ3v) is 1.25. The first kappa shape index (κ1) is 12.1. The Bertz CT molecular complexity index is 276. The molecule has 0 aromatic rings. The predicted octanol–water partition coefficient (Wildman–Crippen LogP) is -0.540. The number of nitrogens with one attached hydrogen (secondary N) is 1. The van der Waals surface area contributed by atoms with Crippen LogP contribution in [0.15, 0.2) is 24.8 Å². The van der Waals surface area contributed by atoms with Gasteiger partial charge in [-0.3, -0.25) is 19.7 Å². The molecule has 1 heterocycles. The van der Waals surface area contributed by atoms with Gasteiger partial charge in [-0.05, 0) is 6.08 Å². The number of nitrogens with zero attached hydrogens (tertiary/aromatic N) is 1. The Morgan fingerprint density at radius 3 is 1.86 bits per heavy atom. The number of carbonyl (C=O) groups excluding carboxylic acids is 3. The molecular weight excluding hydrogens is 184 g/mol. The monoisotopic (exact) mass is 196 g/mol. The van der Waals surface area contributed by atoms with E-state index in [-0.39, 0.29) is 17.7 Å². The van der Waals surface area contributed by atoms with E-state index in [4.69, 9.17) is 0 Å². The van der Waals surface area contributed by atoms with E-state index in [9.17, 15) is 14.4 Å². The van der Waals surface area contributed by atoms with Crippen LogP contribution in [0.5, 0.6) is 0 Å². The van der Waals surface area contributed by atoms with Gasteiger partial charge in [0.15, 0.2) is 0 Å². The SMILES string of the molecule is C=CC(=O)N(C)C.O=C1C=CC(=O)N1. The van der Waals surface area contributed by atoms with Gasteiger partial charge in [0.2, 0.25) is 5.91 Å². The molecule has 0 radical (unpaired) electrons. The molecule has 1 N–H and O–H groups in total. The van der Waals surface area contributed by atoms with Crippen LogP contribution in [0.3, 0.4) is 0 Å². The maximum absolute atomic E-state index is 10.3. The van der Waals surface area contributed by atoms with Gasteiger partial charge in [-0.1, -0.05) is 6.58 Å². The van der Waals surface area contributed by atoms with Gasteiger partial charge in [-0.25, -0.2) is 0 Å². The highest BCUT2D eigenvalue weighted by Crippen LogP contribution is 1.82. The number of imide groups is 1. The largest absolute Gasteiger partial charge is 0.345 e. The minimum absolute atomic E-state index is 0.0556. The summed E-state index contributed by atoms with van der Waals surface area (Å²) in [6, 6.07) is 0. The molecule has 0 fully saturated rings. The summed E-state index contributed by atoms with van der Waals surface area (Å²) >= 11 is 0. The lowest BCUT2D eigenvalue weighted by Crippen LogP contribution is -2.19. The lowest BCUT2D eigenvalue weighted by molar-refractivity contribution is -0.124. The van der Waals surface area contributed by atoms with Gasteiger partial charge in [0.25, 0.3) is 11.8 Å². The molecule has 0 saturated carbocycles. The molecule has 0 unspecified atom stereocenters. The molecule has 1 rings (SSSR count). The van der Waals surface area contributed by atoms with Crippen LogP contribution >= 0.6 is 0 Å². The molecule has 3 amide bonds. The van der Waals surface area contributed by atoms with Crippen molar-refractivity contribution in [2.45, 2.75) is 0 Å². The smallest absolute Gasteiger partial charge is 0.250 e. The van der Waals surface area contributed by atoms with E-state index in [2.05, 4.69) is 6.58 Å². The highest BCUT2D eigenvalue weighted by molar-refractivity contribution is 6.12. The molecule has 5 nitrogen and oxygen atoms in total. The summed E-state index contributed by atoms with van der Waals surface area (Å²) in [5.41, 5.74) is 0. The van der Waals surface area contributed by atoms with Gasteiger partial charge in [-0.2, -0.15) is 0 Å². The molecule has 0 bridgehead atoms. The second kappa shape index (κ2) is 5.69. The van der Waals surface area contributed by atoms with Gasteiger partial charge in [-0.15, -0.1) is 0 Å². The molecule has 76 valence electrons. The Labute approximate surface area is 82.1 Å². The van der Waals surface area contributed by atoms with Crippen molar-refractivity contribution in [3.63, 3.8) is 0 Å². The highest BCUT2D eigenvalue weighted by Gasteiger charge is 2.06. The van der Waals surface area contributed by atoms with E-state index in [1.54, 1.807) is 14.1 Å². The Morgan fingerprint density at radius 1 is 1.36 bits per heavy atom. The van der Waals surface area contributed by atoms with Crippen molar-refractivity contribution in [2.24, 2.45) is 0 Å². The van der Waals surface area contributed by atoms with Gasteiger partial charge in [0.1, 0.15) is 0 Å². The number of carbonyl (C=O) groups is 3. The van der Waals surface area contributed by atoms with Crippen LogP contribution < -0.4 is 5.32 Å². The molecule has 14 heavy (non-hydrogen) atoms. The molecule has 0 aromatic carbocycles. The predicted molar refractivity (Wildman–Crippen MR) is 51.2 cm³/mol. The zero-order valence-corrected chi connectivity index (χ0v) is 8.11. The fourth-order valence-electron chi connectivity index (χ4n) is 0.539. The molecule has 1 aliphatic heterocycles. The summed E-state index contributed by atoms with van der Waals surface area (Å²) in [5, 5.41) is 2.03. The van der Waals surface area contributed by atoms with E-state index in [0.29, 0.717) is 0 Å². The van der Waals surface area contributed by atoms with Gasteiger partial charge in [0, 0.05) is 26.2 Å². The Hall–Kier alpha value is -1.91. The van der Waals surface area contributed by atoms with Crippen molar-refractivity contribution in [1.29, 1.82) is 0 Å². The molecule has 0 aromatic heterocycles. The van der Waals surface area contributed by atoms with Crippen molar-refractivity contribution in [1.82, 2.24) is 10.2 Å². The van der Waals surface area contributed by atoms with Crippen LogP contribution in [0, 0.1) is 0 Å². The van der Waals surface area contributed by atoms with Crippen LogP contribution in [0.25, 0.3) is 0 Å². The molecule has 5 heteroatoms. The molecule has 0 atom stereocenters. The Morgan fingerprint density at radius 2 is 1.79 bits per heavy atom. The van der Waals surface area contributed by atoms with Crippen LogP contribution in [0.1, 0.15) is 0 Å². The minimum atomic E-state index is -0.329. The quantitative estimate of drug-likeness (QED) is 0.452. The number of hydrogen-bond acceptors (Lipinski definition) is 3. The summed E-state index contributed by atoms with van der Waals surface area (Å²) in [7, 11) is 3.37. The number of likely N-dealkylation sites (N-methyl/N-ethyl adjacent to an activating group) is 1. The summed E-state index contributed by atoms with van der Waals surface area (Å²) in [4.78, 5) is 31.9. The van der Waals surface area contributed by atoms with E-state index in [1.807, 2.05) is 5.32 Å². The zero-order valence-electron chi connectivity index (χ0n) is 8.11. The highest BCUT2D eigenvalue weighted by atomic mass is 16.2. The van der Waals surface area contributed by atoms with Crippen molar-refractivity contribution in [3.8, 4) is 0 Å².